The number of nitrogens with one attached hydrogen (secondary N) is 1. The van der Waals surface area contributed by atoms with Gasteiger partial charge < -0.3 is 20.1 Å². The number of fused-ring (bicyclic) bond motifs is 2. The quantitative estimate of drug-likeness (QED) is 0.516. The van der Waals surface area contributed by atoms with Crippen LogP contribution in [0.5, 0.6) is 0 Å². The van der Waals surface area contributed by atoms with Gasteiger partial charge in [0.1, 0.15) is 29.9 Å². The van der Waals surface area contributed by atoms with E-state index >= 15 is 0 Å². The molecule has 8 heteroatoms. The van der Waals surface area contributed by atoms with Crippen molar-refractivity contribution in [2.45, 2.75) is 87.6 Å². The van der Waals surface area contributed by atoms with E-state index in [2.05, 4.69) is 16.9 Å². The molecule has 0 saturated carbocycles. The summed E-state index contributed by atoms with van der Waals surface area (Å²) in [5.41, 5.74) is -0.610. The van der Waals surface area contributed by atoms with E-state index in [0.717, 1.165) is 25.0 Å². The zero-order valence-electron chi connectivity index (χ0n) is 16.0. The zero-order valence-corrected chi connectivity index (χ0v) is 17.6. The molecule has 152 valence electrons. The maximum Gasteiger partial charge on any atom is 0.132 e. The first-order valence-electron chi connectivity index (χ1n) is 9.29. The fourth-order valence-electron chi connectivity index (χ4n) is 3.08. The fourth-order valence-corrected chi connectivity index (χ4v) is 5.19. The second-order valence-electron chi connectivity index (χ2n) is 8.12. The molecule has 5 unspecified atom stereocenters. The standard InChI is InChI=1S/C18H33NO5S2/c1-11-9-7-5-6-8-10-25-17-15(22)13(20)14(21)16(24-17)12(11)19-26(23)18(2,3)4/h7,9,11-17,19-22H,5-6,8,10H2,1-4H3/b9-7+/t11-,12-,13?,14?,15?,16?,17?,26-/m1/s1. The number of thioether (sulfide) groups is 1. The second kappa shape index (κ2) is 9.49. The average molecular weight is 408 g/mol. The molecule has 0 amide bonds. The van der Waals surface area contributed by atoms with Gasteiger partial charge in [-0.2, -0.15) is 0 Å². The summed E-state index contributed by atoms with van der Waals surface area (Å²) in [4.78, 5) is 0. The largest absolute Gasteiger partial charge is 0.388 e. The molecular formula is C18H33NO5S2. The molecule has 4 N–H and O–H groups in total. The molecule has 0 radical (unpaired) electrons. The van der Waals surface area contributed by atoms with Crippen molar-refractivity contribution in [3.05, 3.63) is 12.2 Å². The van der Waals surface area contributed by atoms with Gasteiger partial charge in [-0.1, -0.05) is 19.1 Å². The Bertz CT molecular complexity index is 510. The summed E-state index contributed by atoms with van der Waals surface area (Å²) >= 11 is 1.46. The van der Waals surface area contributed by atoms with Crippen LogP contribution >= 0.6 is 11.8 Å². The van der Waals surface area contributed by atoms with E-state index in [1.807, 2.05) is 27.7 Å². The number of rotatable bonds is 2. The third-order valence-electron chi connectivity index (χ3n) is 4.81. The highest BCUT2D eigenvalue weighted by Crippen LogP contribution is 2.33. The maximum atomic E-state index is 12.7. The number of ether oxygens (including phenoxy) is 1. The average Bonchev–Trinajstić information content (AvgIpc) is 2.56. The molecule has 0 aromatic rings. The third-order valence-corrected chi connectivity index (χ3v) is 7.65. The summed E-state index contributed by atoms with van der Waals surface area (Å²) in [6.45, 7) is 7.61. The Morgan fingerprint density at radius 2 is 1.85 bits per heavy atom. The van der Waals surface area contributed by atoms with Gasteiger partial charge in [0.2, 0.25) is 0 Å². The van der Waals surface area contributed by atoms with Crippen molar-refractivity contribution in [3.8, 4) is 0 Å². The highest BCUT2D eigenvalue weighted by atomic mass is 32.2. The molecule has 0 aromatic heterocycles. The van der Waals surface area contributed by atoms with Crippen LogP contribution in [0, 0.1) is 5.92 Å². The molecule has 2 heterocycles. The lowest BCUT2D eigenvalue weighted by atomic mass is 9.88. The van der Waals surface area contributed by atoms with Crippen LogP contribution in [0.25, 0.3) is 0 Å². The molecule has 8 atom stereocenters. The summed E-state index contributed by atoms with van der Waals surface area (Å²) in [5, 5.41) is 31.2. The molecule has 26 heavy (non-hydrogen) atoms. The molecule has 6 nitrogen and oxygen atoms in total. The first-order valence-corrected chi connectivity index (χ1v) is 11.5. The van der Waals surface area contributed by atoms with Crippen LogP contribution in [-0.4, -0.2) is 65.9 Å². The lowest BCUT2D eigenvalue weighted by Gasteiger charge is -2.45. The van der Waals surface area contributed by atoms with E-state index in [1.165, 1.54) is 11.8 Å². The number of aliphatic hydroxyl groups excluding tert-OH is 3. The van der Waals surface area contributed by atoms with Gasteiger partial charge in [-0.15, -0.1) is 11.8 Å². The third kappa shape index (κ3) is 5.53. The minimum Gasteiger partial charge on any atom is -0.388 e. The normalized spacial score (nSPS) is 42.3. The van der Waals surface area contributed by atoms with E-state index in [4.69, 9.17) is 4.74 Å². The van der Waals surface area contributed by atoms with Crippen LogP contribution in [0.1, 0.15) is 47.0 Å². The molecule has 2 rings (SSSR count). The fraction of sp³-hybridized carbons (Fsp3) is 0.889. The minimum absolute atomic E-state index is 0.0616. The van der Waals surface area contributed by atoms with Crippen molar-refractivity contribution in [1.29, 1.82) is 0 Å². The van der Waals surface area contributed by atoms with Gasteiger partial charge in [-0.3, -0.25) is 0 Å². The summed E-state index contributed by atoms with van der Waals surface area (Å²) in [5.74, 6) is 0.751. The first-order chi connectivity index (χ1) is 12.1. The minimum atomic E-state index is -1.36. The number of aliphatic hydroxyl groups is 3. The van der Waals surface area contributed by atoms with Crippen molar-refractivity contribution in [2.24, 2.45) is 5.92 Å². The summed E-state index contributed by atoms with van der Waals surface area (Å²) in [6.07, 6.45) is 2.70. The van der Waals surface area contributed by atoms with Crippen LogP contribution in [-0.2, 0) is 15.7 Å². The smallest absolute Gasteiger partial charge is 0.132 e. The van der Waals surface area contributed by atoms with Crippen molar-refractivity contribution >= 4 is 22.7 Å². The van der Waals surface area contributed by atoms with Gasteiger partial charge in [-0.25, -0.2) is 8.93 Å². The van der Waals surface area contributed by atoms with Gasteiger partial charge >= 0.3 is 0 Å². The molecule has 0 spiro atoms. The van der Waals surface area contributed by atoms with E-state index in [0.29, 0.717) is 0 Å². The highest BCUT2D eigenvalue weighted by molar-refractivity contribution is 7.99. The summed E-state index contributed by atoms with van der Waals surface area (Å²) in [6, 6.07) is -0.453. The van der Waals surface area contributed by atoms with Crippen LogP contribution in [0.3, 0.4) is 0 Å². The predicted molar refractivity (Wildman–Crippen MR) is 106 cm³/mol. The van der Waals surface area contributed by atoms with Gasteiger partial charge in [-0.05, 0) is 51.7 Å². The Kier molecular flexibility index (Phi) is 8.15. The van der Waals surface area contributed by atoms with E-state index < -0.39 is 51.6 Å². The van der Waals surface area contributed by atoms with Crippen molar-refractivity contribution in [3.63, 3.8) is 0 Å². The van der Waals surface area contributed by atoms with Gasteiger partial charge in [0, 0.05) is 0 Å². The lowest BCUT2D eigenvalue weighted by molar-refractivity contribution is -0.205. The summed E-state index contributed by atoms with van der Waals surface area (Å²) in [7, 11) is -1.36. The number of hydrogen-bond donors (Lipinski definition) is 4. The van der Waals surface area contributed by atoms with Crippen molar-refractivity contribution in [2.75, 3.05) is 5.75 Å². The van der Waals surface area contributed by atoms with E-state index in [9.17, 15) is 19.5 Å². The number of allylic oxidation sites excluding steroid dienone is 1. The Balaban J connectivity index is 2.32. The Morgan fingerprint density at radius 3 is 2.50 bits per heavy atom. The predicted octanol–water partition coefficient (Wildman–Crippen LogP) is 1.32. The Hall–Kier alpha value is 0.0400. The molecule has 2 bridgehead atoms. The van der Waals surface area contributed by atoms with Crippen LogP contribution in [0.15, 0.2) is 12.2 Å². The van der Waals surface area contributed by atoms with E-state index in [1.54, 1.807) is 0 Å². The molecule has 0 aliphatic carbocycles. The number of hydrogen-bond acceptors (Lipinski definition) is 6. The highest BCUT2D eigenvalue weighted by Gasteiger charge is 2.48. The second-order valence-corrected chi connectivity index (χ2v) is 11.3. The molecule has 1 saturated heterocycles. The van der Waals surface area contributed by atoms with Crippen LogP contribution in [0.4, 0.5) is 0 Å². The zero-order chi connectivity index (χ0) is 19.5. The molecule has 2 aliphatic rings. The first kappa shape index (κ1) is 22.3. The van der Waals surface area contributed by atoms with Crippen LogP contribution in [0.2, 0.25) is 0 Å². The van der Waals surface area contributed by atoms with Crippen LogP contribution < -0.4 is 4.72 Å². The van der Waals surface area contributed by atoms with Crippen molar-refractivity contribution < 1.29 is 24.3 Å². The van der Waals surface area contributed by atoms with Gasteiger partial charge in [0.05, 0.1) is 21.8 Å². The molecule has 1 fully saturated rings. The van der Waals surface area contributed by atoms with Gasteiger partial charge in [0.15, 0.2) is 0 Å². The topological polar surface area (TPSA) is 99.0 Å². The monoisotopic (exact) mass is 407 g/mol. The maximum absolute atomic E-state index is 12.7. The molecular weight excluding hydrogens is 374 g/mol. The Labute approximate surface area is 163 Å². The molecule has 0 aromatic carbocycles. The Morgan fingerprint density at radius 1 is 1.15 bits per heavy atom. The summed E-state index contributed by atoms with van der Waals surface area (Å²) < 4.78 is 21.4. The lowest BCUT2D eigenvalue weighted by Crippen LogP contribution is -2.64. The molecule has 2 aliphatic heterocycles. The van der Waals surface area contributed by atoms with E-state index in [-0.39, 0.29) is 5.92 Å². The van der Waals surface area contributed by atoms with Gasteiger partial charge in [0.25, 0.3) is 0 Å². The SMILES string of the molecule is C[C@@H]1/C=C/CCCCSC2OC(C(O)C(O)C2O)[C@@H]1N[S@](=O)C(C)(C)C. The van der Waals surface area contributed by atoms with Crippen molar-refractivity contribution in [1.82, 2.24) is 4.72 Å².